The van der Waals surface area contributed by atoms with E-state index >= 15 is 0 Å². The molecule has 1 heterocycles. The Bertz CT molecular complexity index is 1140. The first-order chi connectivity index (χ1) is 13.7. The number of anilines is 3. The summed E-state index contributed by atoms with van der Waals surface area (Å²) in [6, 6.07) is 24.5. The van der Waals surface area contributed by atoms with E-state index in [-0.39, 0.29) is 5.91 Å². The second-order valence-electron chi connectivity index (χ2n) is 6.23. The van der Waals surface area contributed by atoms with Crippen molar-refractivity contribution >= 4 is 33.9 Å². The maximum absolute atomic E-state index is 12.9. The summed E-state index contributed by atoms with van der Waals surface area (Å²) in [7, 11) is 1.60. The third-order valence-corrected chi connectivity index (χ3v) is 4.42. The van der Waals surface area contributed by atoms with Crippen molar-refractivity contribution < 1.29 is 9.53 Å². The average Bonchev–Trinajstić information content (AvgIpc) is 2.74. The Balaban J connectivity index is 1.64. The van der Waals surface area contributed by atoms with Gasteiger partial charge in [-0.3, -0.25) is 9.78 Å². The highest BCUT2D eigenvalue weighted by molar-refractivity contribution is 6.09. The summed E-state index contributed by atoms with van der Waals surface area (Å²) >= 11 is 0. The second-order valence-corrected chi connectivity index (χ2v) is 6.23. The summed E-state index contributed by atoms with van der Waals surface area (Å²) in [4.78, 5) is 17.3. The fourth-order valence-electron chi connectivity index (χ4n) is 3.04. The Morgan fingerprint density at radius 3 is 2.61 bits per heavy atom. The molecule has 4 aromatic rings. The van der Waals surface area contributed by atoms with Gasteiger partial charge in [-0.15, -0.1) is 0 Å². The van der Waals surface area contributed by atoms with Gasteiger partial charge in [-0.25, -0.2) is 0 Å². The molecule has 2 N–H and O–H groups in total. The van der Waals surface area contributed by atoms with Crippen LogP contribution < -0.4 is 15.4 Å². The molecule has 28 heavy (non-hydrogen) atoms. The monoisotopic (exact) mass is 369 g/mol. The molecule has 0 aliphatic heterocycles. The van der Waals surface area contributed by atoms with Crippen LogP contribution in [0.1, 0.15) is 10.4 Å². The van der Waals surface area contributed by atoms with Crippen LogP contribution in [0.4, 0.5) is 17.1 Å². The molecule has 0 bridgehead atoms. The molecule has 1 amide bonds. The lowest BCUT2D eigenvalue weighted by molar-refractivity contribution is 0.102. The molecule has 0 aliphatic rings. The molecule has 138 valence electrons. The van der Waals surface area contributed by atoms with Crippen LogP contribution in [0.2, 0.25) is 0 Å². The Kier molecular flexibility index (Phi) is 4.89. The van der Waals surface area contributed by atoms with E-state index in [1.54, 1.807) is 25.4 Å². The number of aromatic nitrogens is 1. The molecule has 0 atom stereocenters. The van der Waals surface area contributed by atoms with Gasteiger partial charge in [-0.1, -0.05) is 36.4 Å². The highest BCUT2D eigenvalue weighted by Gasteiger charge is 2.13. The number of carbonyl (C=O) groups excluding carboxylic acids is 1. The number of fused-ring (bicyclic) bond motifs is 1. The van der Waals surface area contributed by atoms with E-state index in [1.807, 2.05) is 66.7 Å². The van der Waals surface area contributed by atoms with Gasteiger partial charge in [-0.05, 0) is 36.4 Å². The Morgan fingerprint density at radius 1 is 0.893 bits per heavy atom. The molecule has 4 rings (SSSR count). The van der Waals surface area contributed by atoms with E-state index < -0.39 is 0 Å². The lowest BCUT2D eigenvalue weighted by Crippen LogP contribution is -2.14. The smallest absolute Gasteiger partial charge is 0.257 e. The lowest BCUT2D eigenvalue weighted by Gasteiger charge is -2.14. The molecular formula is C23H19N3O2. The summed E-state index contributed by atoms with van der Waals surface area (Å²) < 4.78 is 5.22. The molecule has 1 aromatic heterocycles. The Morgan fingerprint density at radius 2 is 1.71 bits per heavy atom. The van der Waals surface area contributed by atoms with Crippen LogP contribution in [0.15, 0.2) is 85.1 Å². The number of nitrogens with zero attached hydrogens (tertiary/aromatic N) is 1. The van der Waals surface area contributed by atoms with Crippen LogP contribution in [-0.2, 0) is 0 Å². The van der Waals surface area contributed by atoms with E-state index in [2.05, 4.69) is 15.6 Å². The number of ether oxygens (including phenoxy) is 1. The number of pyridine rings is 1. The van der Waals surface area contributed by atoms with E-state index in [9.17, 15) is 4.79 Å². The molecule has 0 unspecified atom stereocenters. The van der Waals surface area contributed by atoms with Crippen molar-refractivity contribution in [1.82, 2.24) is 4.98 Å². The highest BCUT2D eigenvalue weighted by atomic mass is 16.5. The molecule has 3 aromatic carbocycles. The van der Waals surface area contributed by atoms with Crippen molar-refractivity contribution in [3.8, 4) is 5.75 Å². The van der Waals surface area contributed by atoms with Crippen molar-refractivity contribution in [2.75, 3.05) is 17.7 Å². The van der Waals surface area contributed by atoms with Crippen molar-refractivity contribution in [3.05, 3.63) is 90.6 Å². The number of hydrogen-bond acceptors (Lipinski definition) is 4. The number of benzene rings is 3. The number of carbonyl (C=O) groups is 1. The Hall–Kier alpha value is -3.86. The van der Waals surface area contributed by atoms with Crippen molar-refractivity contribution in [2.24, 2.45) is 0 Å². The number of amides is 1. The SMILES string of the molecule is COc1cccc(NC(=O)c2ccccc2Nc2ccnc3ccccc23)c1. The quantitative estimate of drug-likeness (QED) is 0.505. The molecular weight excluding hydrogens is 350 g/mol. The summed E-state index contributed by atoms with van der Waals surface area (Å²) in [5.41, 5.74) is 3.73. The van der Waals surface area contributed by atoms with E-state index in [4.69, 9.17) is 4.74 Å². The van der Waals surface area contributed by atoms with E-state index in [0.29, 0.717) is 17.0 Å². The molecule has 0 radical (unpaired) electrons. The van der Waals surface area contributed by atoms with Gasteiger partial charge < -0.3 is 15.4 Å². The van der Waals surface area contributed by atoms with Gasteiger partial charge in [-0.2, -0.15) is 0 Å². The van der Waals surface area contributed by atoms with Gasteiger partial charge in [0.1, 0.15) is 5.75 Å². The molecule has 5 nitrogen and oxygen atoms in total. The summed E-state index contributed by atoms with van der Waals surface area (Å²) in [5.74, 6) is 0.488. The first kappa shape index (κ1) is 17.5. The van der Waals surface area contributed by atoms with Crippen molar-refractivity contribution in [3.63, 3.8) is 0 Å². The fraction of sp³-hybridized carbons (Fsp3) is 0.0435. The lowest BCUT2D eigenvalue weighted by atomic mass is 10.1. The standard InChI is InChI=1S/C23H19N3O2/c1-28-17-8-6-7-16(15-17)25-23(27)19-10-3-5-12-21(19)26-22-13-14-24-20-11-4-2-9-18(20)22/h2-15H,1H3,(H,24,26)(H,25,27). The van der Waals surface area contributed by atoms with Crippen LogP contribution in [-0.4, -0.2) is 18.0 Å². The zero-order valence-electron chi connectivity index (χ0n) is 15.3. The van der Waals surface area contributed by atoms with Crippen LogP contribution in [0.5, 0.6) is 5.75 Å². The molecule has 0 fully saturated rings. The van der Waals surface area contributed by atoms with Gasteiger partial charge in [0.15, 0.2) is 0 Å². The van der Waals surface area contributed by atoms with Gasteiger partial charge in [0.05, 0.1) is 23.9 Å². The van der Waals surface area contributed by atoms with Crippen LogP contribution >= 0.6 is 0 Å². The summed E-state index contributed by atoms with van der Waals surface area (Å²) in [6.07, 6.45) is 1.75. The molecule has 0 saturated heterocycles. The van der Waals surface area contributed by atoms with Gasteiger partial charge in [0, 0.05) is 29.0 Å². The minimum atomic E-state index is -0.199. The number of hydrogen-bond donors (Lipinski definition) is 2. The zero-order chi connectivity index (χ0) is 19.3. The van der Waals surface area contributed by atoms with Crippen LogP contribution in [0.25, 0.3) is 10.9 Å². The van der Waals surface area contributed by atoms with Crippen molar-refractivity contribution in [2.45, 2.75) is 0 Å². The topological polar surface area (TPSA) is 63.2 Å². The van der Waals surface area contributed by atoms with E-state index in [1.165, 1.54) is 0 Å². The maximum Gasteiger partial charge on any atom is 0.257 e. The number of methoxy groups -OCH3 is 1. The first-order valence-electron chi connectivity index (χ1n) is 8.90. The van der Waals surface area contributed by atoms with Gasteiger partial charge in [0.2, 0.25) is 0 Å². The maximum atomic E-state index is 12.9. The van der Waals surface area contributed by atoms with E-state index in [0.717, 1.165) is 22.3 Å². The van der Waals surface area contributed by atoms with Crippen molar-refractivity contribution in [1.29, 1.82) is 0 Å². The third-order valence-electron chi connectivity index (χ3n) is 4.42. The second kappa shape index (κ2) is 7.80. The van der Waals surface area contributed by atoms with Crippen LogP contribution in [0.3, 0.4) is 0 Å². The predicted molar refractivity (Wildman–Crippen MR) is 112 cm³/mol. The van der Waals surface area contributed by atoms with Gasteiger partial charge >= 0.3 is 0 Å². The number of rotatable bonds is 5. The molecule has 0 saturated carbocycles. The zero-order valence-corrected chi connectivity index (χ0v) is 15.3. The molecule has 5 heteroatoms. The fourth-order valence-corrected chi connectivity index (χ4v) is 3.04. The van der Waals surface area contributed by atoms with Crippen LogP contribution in [0, 0.1) is 0 Å². The molecule has 0 spiro atoms. The summed E-state index contributed by atoms with van der Waals surface area (Å²) in [5, 5.41) is 7.30. The first-order valence-corrected chi connectivity index (χ1v) is 8.90. The number of para-hydroxylation sites is 2. The normalized spacial score (nSPS) is 10.5. The largest absolute Gasteiger partial charge is 0.497 e. The summed E-state index contributed by atoms with van der Waals surface area (Å²) in [6.45, 7) is 0. The van der Waals surface area contributed by atoms with Gasteiger partial charge in [0.25, 0.3) is 5.91 Å². The third kappa shape index (κ3) is 3.64. The highest BCUT2D eigenvalue weighted by Crippen LogP contribution is 2.27. The molecule has 0 aliphatic carbocycles. The predicted octanol–water partition coefficient (Wildman–Crippen LogP) is 5.24. The minimum absolute atomic E-state index is 0.199. The average molecular weight is 369 g/mol. The Labute approximate surface area is 163 Å². The number of nitrogens with one attached hydrogen (secondary N) is 2. The minimum Gasteiger partial charge on any atom is -0.497 e.